The Balaban J connectivity index is 2.12. The molecule has 1 rings (SSSR count). The quantitative estimate of drug-likeness (QED) is 0.391. The summed E-state index contributed by atoms with van der Waals surface area (Å²) in [5.74, 6) is 0. The molecule has 0 heterocycles. The molecule has 0 nitrogen and oxygen atoms in total. The molecule has 0 unspecified atom stereocenters. The number of rotatable bonds is 10. The second-order valence-corrected chi connectivity index (χ2v) is 10.6. The van der Waals surface area contributed by atoms with Crippen molar-refractivity contribution in [1.29, 1.82) is 0 Å². The monoisotopic (exact) mass is 275 g/mol. The number of hydrogen-bond acceptors (Lipinski definition) is 0. The third kappa shape index (κ3) is 6.96. The summed E-state index contributed by atoms with van der Waals surface area (Å²) < 4.78 is 0. The molecule has 0 spiro atoms. The molecular formula is C18H31Si. The summed E-state index contributed by atoms with van der Waals surface area (Å²) in [4.78, 5) is 0. The fourth-order valence-corrected chi connectivity index (χ4v) is 4.76. The molecule has 0 aliphatic heterocycles. The van der Waals surface area contributed by atoms with Gasteiger partial charge in [0, 0.05) is 0 Å². The fourth-order valence-electron chi connectivity index (χ4n) is 2.55. The van der Waals surface area contributed by atoms with Crippen molar-refractivity contribution in [3.63, 3.8) is 0 Å². The van der Waals surface area contributed by atoms with Crippen LogP contribution in [0.15, 0.2) is 30.3 Å². The Bertz CT molecular complexity index is 316. The van der Waals surface area contributed by atoms with Crippen LogP contribution >= 0.6 is 0 Å². The van der Waals surface area contributed by atoms with Crippen LogP contribution in [0.1, 0.15) is 58.3 Å². The average Bonchev–Trinajstić information content (AvgIpc) is 2.43. The lowest BCUT2D eigenvalue weighted by atomic mass is 10.1. The van der Waals surface area contributed by atoms with Crippen LogP contribution in [-0.2, 0) is 0 Å². The van der Waals surface area contributed by atoms with E-state index in [1.165, 1.54) is 51.4 Å². The van der Waals surface area contributed by atoms with Crippen LogP contribution < -0.4 is 5.19 Å². The molecule has 1 radical (unpaired) electrons. The molecule has 0 saturated heterocycles. The van der Waals surface area contributed by atoms with Gasteiger partial charge in [-0.25, -0.2) is 0 Å². The van der Waals surface area contributed by atoms with Crippen molar-refractivity contribution in [2.24, 2.45) is 0 Å². The van der Waals surface area contributed by atoms with Gasteiger partial charge in [-0.15, -0.1) is 0 Å². The topological polar surface area (TPSA) is 0 Å². The summed E-state index contributed by atoms with van der Waals surface area (Å²) in [7, 11) is -1.29. The highest BCUT2D eigenvalue weighted by atomic mass is 28.3. The maximum atomic E-state index is 2.63. The van der Waals surface area contributed by atoms with Crippen LogP contribution in [0, 0.1) is 6.04 Å². The van der Waals surface area contributed by atoms with Crippen LogP contribution in [0.3, 0.4) is 0 Å². The Morgan fingerprint density at radius 1 is 0.842 bits per heavy atom. The maximum Gasteiger partial charge on any atom is 0.0836 e. The van der Waals surface area contributed by atoms with Gasteiger partial charge >= 0.3 is 0 Å². The molecule has 0 N–H and O–H groups in total. The van der Waals surface area contributed by atoms with Gasteiger partial charge in [0.2, 0.25) is 0 Å². The summed E-state index contributed by atoms with van der Waals surface area (Å²) >= 11 is 0. The zero-order chi connectivity index (χ0) is 14.0. The molecule has 107 valence electrons. The molecule has 0 amide bonds. The molecule has 19 heavy (non-hydrogen) atoms. The first kappa shape index (κ1) is 16.5. The second-order valence-electron chi connectivity index (χ2n) is 6.20. The third-order valence-corrected chi connectivity index (χ3v) is 7.11. The van der Waals surface area contributed by atoms with Crippen LogP contribution in [0.2, 0.25) is 13.1 Å². The predicted molar refractivity (Wildman–Crippen MR) is 90.5 cm³/mol. The van der Waals surface area contributed by atoms with E-state index in [2.05, 4.69) is 56.4 Å². The second kappa shape index (κ2) is 9.36. The zero-order valence-electron chi connectivity index (χ0n) is 13.1. The van der Waals surface area contributed by atoms with E-state index >= 15 is 0 Å². The summed E-state index contributed by atoms with van der Waals surface area (Å²) in [6.07, 6.45) is 11.2. The molecule has 0 atom stereocenters. The van der Waals surface area contributed by atoms with Gasteiger partial charge in [0.1, 0.15) is 0 Å². The summed E-state index contributed by atoms with van der Waals surface area (Å²) in [5, 5.41) is 1.57. The van der Waals surface area contributed by atoms with Crippen molar-refractivity contribution in [1.82, 2.24) is 0 Å². The van der Waals surface area contributed by atoms with Crippen molar-refractivity contribution in [2.45, 2.75) is 71.4 Å². The van der Waals surface area contributed by atoms with Crippen LogP contribution in [0.4, 0.5) is 0 Å². The molecule has 1 aromatic carbocycles. The van der Waals surface area contributed by atoms with Crippen molar-refractivity contribution in [2.75, 3.05) is 0 Å². The first-order chi connectivity index (χ1) is 9.17. The van der Waals surface area contributed by atoms with Gasteiger partial charge in [-0.2, -0.15) is 0 Å². The lowest BCUT2D eigenvalue weighted by molar-refractivity contribution is 0.590. The minimum atomic E-state index is -1.29. The summed E-state index contributed by atoms with van der Waals surface area (Å²) in [6.45, 7) is 7.21. The van der Waals surface area contributed by atoms with Crippen molar-refractivity contribution in [3.05, 3.63) is 36.4 Å². The molecule has 0 aliphatic rings. The summed E-state index contributed by atoms with van der Waals surface area (Å²) in [6, 6.07) is 13.7. The first-order valence-corrected chi connectivity index (χ1v) is 11.1. The molecule has 1 aromatic rings. The highest BCUT2D eigenvalue weighted by Crippen LogP contribution is 2.14. The molecule has 0 bridgehead atoms. The Morgan fingerprint density at radius 3 is 2.05 bits per heavy atom. The third-order valence-electron chi connectivity index (χ3n) is 3.98. The highest BCUT2D eigenvalue weighted by Gasteiger charge is 2.22. The van der Waals surface area contributed by atoms with E-state index in [-0.39, 0.29) is 0 Å². The van der Waals surface area contributed by atoms with E-state index in [0.29, 0.717) is 0 Å². The van der Waals surface area contributed by atoms with Crippen LogP contribution in [0.5, 0.6) is 0 Å². The number of unbranched alkanes of at least 4 members (excludes halogenated alkanes) is 7. The lowest BCUT2D eigenvalue weighted by Gasteiger charge is -2.22. The van der Waals surface area contributed by atoms with E-state index in [1.807, 2.05) is 0 Å². The van der Waals surface area contributed by atoms with Crippen LogP contribution in [-0.4, -0.2) is 8.07 Å². The summed E-state index contributed by atoms with van der Waals surface area (Å²) in [5.41, 5.74) is 0. The van der Waals surface area contributed by atoms with Gasteiger partial charge in [-0.1, -0.05) is 107 Å². The minimum Gasteiger partial charge on any atom is -0.0654 e. The number of hydrogen-bond donors (Lipinski definition) is 0. The van der Waals surface area contributed by atoms with E-state index < -0.39 is 8.07 Å². The zero-order valence-corrected chi connectivity index (χ0v) is 14.1. The lowest BCUT2D eigenvalue weighted by Crippen LogP contribution is -2.42. The standard InChI is InChI=1S/C18H31Si/c1-4-5-6-7-8-9-10-14-17-19(2,3)18-15-12-11-13-16-18/h11-13,15-17H,4-10,14H2,1-3H3. The molecule has 0 fully saturated rings. The maximum absolute atomic E-state index is 2.63. The highest BCUT2D eigenvalue weighted by molar-refractivity contribution is 6.92. The molecule has 1 heteroatoms. The van der Waals surface area contributed by atoms with Gasteiger partial charge in [0.15, 0.2) is 0 Å². The Hall–Kier alpha value is -0.563. The van der Waals surface area contributed by atoms with Gasteiger partial charge in [-0.05, 0) is 6.04 Å². The van der Waals surface area contributed by atoms with E-state index in [1.54, 1.807) is 5.19 Å². The number of benzene rings is 1. The Labute approximate surface area is 121 Å². The smallest absolute Gasteiger partial charge is 0.0654 e. The van der Waals surface area contributed by atoms with Crippen LogP contribution in [0.25, 0.3) is 0 Å². The van der Waals surface area contributed by atoms with E-state index in [0.717, 1.165) is 0 Å². The largest absolute Gasteiger partial charge is 0.0836 e. The molecule has 0 aliphatic carbocycles. The van der Waals surface area contributed by atoms with Gasteiger partial charge in [0.25, 0.3) is 0 Å². The van der Waals surface area contributed by atoms with Gasteiger partial charge in [0.05, 0.1) is 8.07 Å². The van der Waals surface area contributed by atoms with Crippen molar-refractivity contribution < 1.29 is 0 Å². The van der Waals surface area contributed by atoms with E-state index in [4.69, 9.17) is 0 Å². The Morgan fingerprint density at radius 2 is 1.42 bits per heavy atom. The van der Waals surface area contributed by atoms with Crippen molar-refractivity contribution in [3.8, 4) is 0 Å². The average molecular weight is 276 g/mol. The molecule has 0 saturated carbocycles. The fraction of sp³-hybridized carbons (Fsp3) is 0.611. The Kier molecular flexibility index (Phi) is 8.12. The van der Waals surface area contributed by atoms with Gasteiger partial charge in [-0.3, -0.25) is 0 Å². The SMILES string of the molecule is CCCCCCCCC[CH][Si](C)(C)c1ccccc1. The van der Waals surface area contributed by atoms with E-state index in [9.17, 15) is 0 Å². The molecule has 0 aromatic heterocycles. The molecular weight excluding hydrogens is 244 g/mol. The normalized spacial score (nSPS) is 11.7. The minimum absolute atomic E-state index is 1.29. The predicted octanol–water partition coefficient (Wildman–Crippen LogP) is 5.49. The van der Waals surface area contributed by atoms with Gasteiger partial charge < -0.3 is 0 Å². The first-order valence-electron chi connectivity index (χ1n) is 8.06. The van der Waals surface area contributed by atoms with Crippen molar-refractivity contribution >= 4 is 13.3 Å².